The number of rotatable bonds is 3. The van der Waals surface area contributed by atoms with Crippen molar-refractivity contribution in [2.24, 2.45) is 5.73 Å². The highest BCUT2D eigenvalue weighted by Crippen LogP contribution is 2.25. The molecule has 0 atom stereocenters. The minimum absolute atomic E-state index is 0.355. The van der Waals surface area contributed by atoms with Gasteiger partial charge in [0.15, 0.2) is 0 Å². The van der Waals surface area contributed by atoms with Crippen LogP contribution < -0.4 is 5.73 Å². The fraction of sp³-hybridized carbons (Fsp3) is 0.467. The SMILES string of the molecule is CC1=CCCN(S(=O)(=O)c2cc(CN)c(C)cc2C)C1. The Labute approximate surface area is 121 Å². The van der Waals surface area contributed by atoms with Crippen LogP contribution in [0.3, 0.4) is 0 Å². The van der Waals surface area contributed by atoms with E-state index in [1.165, 1.54) is 0 Å². The molecular formula is C15H22N2O2S. The number of nitrogens with two attached hydrogens (primary N) is 1. The van der Waals surface area contributed by atoms with E-state index in [4.69, 9.17) is 5.73 Å². The number of nitrogens with zero attached hydrogens (tertiary/aromatic N) is 1. The van der Waals surface area contributed by atoms with Gasteiger partial charge in [-0.05, 0) is 49.9 Å². The molecule has 4 nitrogen and oxygen atoms in total. The summed E-state index contributed by atoms with van der Waals surface area (Å²) in [6.07, 6.45) is 2.87. The smallest absolute Gasteiger partial charge is 0.243 e. The Morgan fingerprint density at radius 2 is 1.90 bits per heavy atom. The molecule has 0 radical (unpaired) electrons. The van der Waals surface area contributed by atoms with Crippen LogP contribution in [0.5, 0.6) is 0 Å². The van der Waals surface area contributed by atoms with E-state index in [2.05, 4.69) is 6.08 Å². The molecule has 0 saturated heterocycles. The largest absolute Gasteiger partial charge is 0.326 e. The van der Waals surface area contributed by atoms with Crippen molar-refractivity contribution >= 4 is 10.0 Å². The molecule has 0 unspecified atom stereocenters. The van der Waals surface area contributed by atoms with E-state index < -0.39 is 10.0 Å². The van der Waals surface area contributed by atoms with Gasteiger partial charge in [-0.15, -0.1) is 0 Å². The number of hydrogen-bond acceptors (Lipinski definition) is 3. The molecule has 1 aromatic rings. The highest BCUT2D eigenvalue weighted by atomic mass is 32.2. The third kappa shape index (κ3) is 2.80. The van der Waals surface area contributed by atoms with Crippen molar-refractivity contribution in [3.05, 3.63) is 40.5 Å². The Kier molecular flexibility index (Phi) is 4.32. The first-order valence-electron chi connectivity index (χ1n) is 6.82. The van der Waals surface area contributed by atoms with E-state index in [1.54, 1.807) is 10.4 Å². The van der Waals surface area contributed by atoms with E-state index in [0.29, 0.717) is 24.5 Å². The standard InChI is InChI=1S/C15H22N2O2S/c1-11-5-4-6-17(10-11)20(18,19)15-8-14(9-16)12(2)7-13(15)3/h5,7-8H,4,6,9-10,16H2,1-3H3. The topological polar surface area (TPSA) is 63.4 Å². The fourth-order valence-electron chi connectivity index (χ4n) is 2.59. The Morgan fingerprint density at radius 1 is 1.20 bits per heavy atom. The number of aryl methyl sites for hydroxylation is 2. The highest BCUT2D eigenvalue weighted by Gasteiger charge is 2.27. The molecule has 1 aliphatic rings. The summed E-state index contributed by atoms with van der Waals surface area (Å²) in [5, 5.41) is 0. The van der Waals surface area contributed by atoms with Gasteiger partial charge in [-0.2, -0.15) is 4.31 Å². The van der Waals surface area contributed by atoms with Crippen LogP contribution >= 0.6 is 0 Å². The van der Waals surface area contributed by atoms with E-state index in [1.807, 2.05) is 26.8 Å². The molecule has 2 N–H and O–H groups in total. The number of sulfonamides is 1. The van der Waals surface area contributed by atoms with Gasteiger partial charge in [-0.25, -0.2) is 8.42 Å². The van der Waals surface area contributed by atoms with Gasteiger partial charge in [0.1, 0.15) is 0 Å². The Bertz CT molecular complexity index is 648. The normalized spacial score (nSPS) is 17.1. The molecule has 0 bridgehead atoms. The zero-order valence-corrected chi connectivity index (χ0v) is 13.1. The summed E-state index contributed by atoms with van der Waals surface area (Å²) < 4.78 is 27.1. The lowest BCUT2D eigenvalue weighted by Crippen LogP contribution is -2.35. The second-order valence-electron chi connectivity index (χ2n) is 5.43. The predicted molar refractivity (Wildman–Crippen MR) is 80.9 cm³/mol. The average Bonchev–Trinajstić information content (AvgIpc) is 2.38. The molecule has 0 spiro atoms. The van der Waals surface area contributed by atoms with Crippen molar-refractivity contribution in [1.82, 2.24) is 4.31 Å². The third-order valence-electron chi connectivity index (χ3n) is 3.77. The molecule has 1 heterocycles. The maximum Gasteiger partial charge on any atom is 0.243 e. The summed E-state index contributed by atoms with van der Waals surface area (Å²) in [5.41, 5.74) is 9.51. The van der Waals surface area contributed by atoms with E-state index in [-0.39, 0.29) is 0 Å². The van der Waals surface area contributed by atoms with Crippen LogP contribution in [0.4, 0.5) is 0 Å². The number of benzene rings is 1. The molecule has 5 heteroatoms. The summed E-state index contributed by atoms with van der Waals surface area (Å²) >= 11 is 0. The molecule has 110 valence electrons. The highest BCUT2D eigenvalue weighted by molar-refractivity contribution is 7.89. The maximum absolute atomic E-state index is 12.8. The van der Waals surface area contributed by atoms with Crippen LogP contribution in [0.2, 0.25) is 0 Å². The van der Waals surface area contributed by atoms with Gasteiger partial charge in [-0.1, -0.05) is 17.7 Å². The molecule has 0 fully saturated rings. The predicted octanol–water partition coefficient (Wildman–Crippen LogP) is 2.10. The lowest BCUT2D eigenvalue weighted by molar-refractivity contribution is 0.427. The van der Waals surface area contributed by atoms with Crippen LogP contribution in [0.15, 0.2) is 28.7 Å². The second-order valence-corrected chi connectivity index (χ2v) is 7.33. The molecule has 0 amide bonds. The van der Waals surface area contributed by atoms with Crippen molar-refractivity contribution in [2.75, 3.05) is 13.1 Å². The summed E-state index contributed by atoms with van der Waals surface area (Å²) in [4.78, 5) is 0.387. The van der Waals surface area contributed by atoms with Crippen molar-refractivity contribution < 1.29 is 8.42 Å². The van der Waals surface area contributed by atoms with Crippen molar-refractivity contribution in [3.8, 4) is 0 Å². The van der Waals surface area contributed by atoms with Gasteiger partial charge in [0.2, 0.25) is 10.0 Å². The lowest BCUT2D eigenvalue weighted by Gasteiger charge is -2.26. The zero-order chi connectivity index (χ0) is 14.9. The van der Waals surface area contributed by atoms with Crippen LogP contribution in [0, 0.1) is 13.8 Å². The minimum Gasteiger partial charge on any atom is -0.326 e. The molecule has 0 aliphatic carbocycles. The average molecular weight is 294 g/mol. The van der Waals surface area contributed by atoms with Gasteiger partial charge in [0.05, 0.1) is 4.90 Å². The van der Waals surface area contributed by atoms with Gasteiger partial charge in [0, 0.05) is 19.6 Å². The summed E-state index contributed by atoms with van der Waals surface area (Å²) in [6.45, 7) is 7.15. The van der Waals surface area contributed by atoms with Crippen LogP contribution in [-0.4, -0.2) is 25.8 Å². The second kappa shape index (κ2) is 5.68. The van der Waals surface area contributed by atoms with Gasteiger partial charge in [0.25, 0.3) is 0 Å². The van der Waals surface area contributed by atoms with Crippen LogP contribution in [-0.2, 0) is 16.6 Å². The summed E-state index contributed by atoms with van der Waals surface area (Å²) in [7, 11) is -3.44. The monoisotopic (exact) mass is 294 g/mol. The fourth-order valence-corrected chi connectivity index (χ4v) is 4.35. The third-order valence-corrected chi connectivity index (χ3v) is 5.76. The zero-order valence-electron chi connectivity index (χ0n) is 12.3. The first kappa shape index (κ1) is 15.2. The molecule has 1 aliphatic heterocycles. The van der Waals surface area contributed by atoms with Crippen LogP contribution in [0.1, 0.15) is 30.0 Å². The summed E-state index contributed by atoms with van der Waals surface area (Å²) in [6, 6.07) is 3.63. The molecule has 2 rings (SSSR count). The first-order chi connectivity index (χ1) is 9.36. The van der Waals surface area contributed by atoms with Gasteiger partial charge in [-0.3, -0.25) is 0 Å². The molecular weight excluding hydrogens is 272 g/mol. The van der Waals surface area contributed by atoms with E-state index in [0.717, 1.165) is 28.7 Å². The Balaban J connectivity index is 2.47. The van der Waals surface area contributed by atoms with E-state index in [9.17, 15) is 8.42 Å². The van der Waals surface area contributed by atoms with Gasteiger partial charge < -0.3 is 5.73 Å². The van der Waals surface area contributed by atoms with E-state index >= 15 is 0 Å². The minimum atomic E-state index is -3.44. The Hall–Kier alpha value is -1.17. The lowest BCUT2D eigenvalue weighted by atomic mass is 10.1. The van der Waals surface area contributed by atoms with Crippen LogP contribution in [0.25, 0.3) is 0 Å². The van der Waals surface area contributed by atoms with Gasteiger partial charge >= 0.3 is 0 Å². The molecule has 1 aromatic carbocycles. The Morgan fingerprint density at radius 3 is 2.50 bits per heavy atom. The quantitative estimate of drug-likeness (QED) is 0.868. The molecule has 20 heavy (non-hydrogen) atoms. The van der Waals surface area contributed by atoms with Crippen molar-refractivity contribution in [2.45, 2.75) is 38.6 Å². The molecule has 0 saturated carbocycles. The maximum atomic E-state index is 12.8. The first-order valence-corrected chi connectivity index (χ1v) is 8.26. The number of hydrogen-bond donors (Lipinski definition) is 1. The molecule has 0 aromatic heterocycles. The summed E-state index contributed by atoms with van der Waals surface area (Å²) in [5.74, 6) is 0. The van der Waals surface area contributed by atoms with Crippen molar-refractivity contribution in [1.29, 1.82) is 0 Å². The van der Waals surface area contributed by atoms with Crippen molar-refractivity contribution in [3.63, 3.8) is 0 Å².